The van der Waals surface area contributed by atoms with E-state index in [0.717, 1.165) is 18.5 Å². The Morgan fingerprint density at radius 1 is 1.40 bits per heavy atom. The minimum Gasteiger partial charge on any atom is -0.481 e. The number of halogens is 2. The molecule has 0 bridgehead atoms. The summed E-state index contributed by atoms with van der Waals surface area (Å²) in [5.74, 6) is -1.17. The first-order chi connectivity index (χ1) is 9.30. The summed E-state index contributed by atoms with van der Waals surface area (Å²) in [4.78, 5) is 10.6. The van der Waals surface area contributed by atoms with Gasteiger partial charge in [0.1, 0.15) is 5.82 Å². The molecule has 0 saturated heterocycles. The molecule has 1 aromatic rings. The second kappa shape index (κ2) is 7.60. The number of carbonyl (C=O) groups is 1. The molecule has 0 amide bonds. The molecular formula is C15H21ClFNO2. The molecule has 1 rings (SSSR count). The number of benzene rings is 1. The summed E-state index contributed by atoms with van der Waals surface area (Å²) in [6.45, 7) is 5.52. The van der Waals surface area contributed by atoms with Gasteiger partial charge in [-0.3, -0.25) is 4.79 Å². The van der Waals surface area contributed by atoms with E-state index in [1.165, 1.54) is 6.07 Å². The highest BCUT2D eigenvalue weighted by Crippen LogP contribution is 2.26. The summed E-state index contributed by atoms with van der Waals surface area (Å²) in [6.07, 6.45) is 1.74. The van der Waals surface area contributed by atoms with Crippen LogP contribution in [0.2, 0.25) is 5.02 Å². The zero-order chi connectivity index (χ0) is 15.2. The Hall–Kier alpha value is -1.13. The van der Waals surface area contributed by atoms with E-state index < -0.39 is 11.8 Å². The molecule has 1 aromatic carbocycles. The third-order valence-electron chi connectivity index (χ3n) is 3.31. The Morgan fingerprint density at radius 2 is 2.10 bits per heavy atom. The van der Waals surface area contributed by atoms with Crippen molar-refractivity contribution in [2.75, 3.05) is 6.54 Å². The van der Waals surface area contributed by atoms with Crippen LogP contribution in [0.3, 0.4) is 0 Å². The molecule has 20 heavy (non-hydrogen) atoms. The third-order valence-corrected chi connectivity index (χ3v) is 3.60. The molecule has 0 radical (unpaired) electrons. The molecule has 5 heteroatoms. The first-order valence-corrected chi connectivity index (χ1v) is 7.04. The van der Waals surface area contributed by atoms with Crippen molar-refractivity contribution in [3.63, 3.8) is 0 Å². The molecule has 0 saturated carbocycles. The lowest BCUT2D eigenvalue weighted by molar-refractivity contribution is -0.137. The molecule has 0 aliphatic carbocycles. The van der Waals surface area contributed by atoms with Crippen molar-refractivity contribution in [3.05, 3.63) is 34.6 Å². The standard InChI is InChI=1S/C15H21ClFNO2/c1-15(2,6-5-14(19)20)7-8-18-10-11-3-4-13(17)12(16)9-11/h3-4,9,18H,5-8,10H2,1-2H3,(H,19,20). The quantitative estimate of drug-likeness (QED) is 0.717. The van der Waals surface area contributed by atoms with E-state index in [1.54, 1.807) is 12.1 Å². The van der Waals surface area contributed by atoms with Gasteiger partial charge in [-0.25, -0.2) is 4.39 Å². The normalized spacial score (nSPS) is 11.6. The van der Waals surface area contributed by atoms with Gasteiger partial charge in [0.05, 0.1) is 5.02 Å². The van der Waals surface area contributed by atoms with Crippen LogP contribution in [0.25, 0.3) is 0 Å². The van der Waals surface area contributed by atoms with Crippen molar-refractivity contribution in [1.82, 2.24) is 5.32 Å². The molecular weight excluding hydrogens is 281 g/mol. The summed E-state index contributed by atoms with van der Waals surface area (Å²) >= 11 is 5.71. The van der Waals surface area contributed by atoms with E-state index in [2.05, 4.69) is 19.2 Å². The number of carboxylic acids is 1. The summed E-state index contributed by atoms with van der Waals surface area (Å²) in [5.41, 5.74) is 0.922. The minimum atomic E-state index is -0.757. The van der Waals surface area contributed by atoms with Crippen LogP contribution in [0.4, 0.5) is 4.39 Å². The summed E-state index contributed by atoms with van der Waals surface area (Å²) in [5, 5.41) is 12.1. The van der Waals surface area contributed by atoms with Gasteiger partial charge < -0.3 is 10.4 Å². The first-order valence-electron chi connectivity index (χ1n) is 6.67. The molecule has 0 aliphatic heterocycles. The Kier molecular flexibility index (Phi) is 6.43. The van der Waals surface area contributed by atoms with Gasteiger partial charge in [-0.1, -0.05) is 31.5 Å². The number of nitrogens with one attached hydrogen (secondary N) is 1. The molecule has 0 aliphatic rings. The van der Waals surface area contributed by atoms with Crippen LogP contribution < -0.4 is 5.32 Å². The lowest BCUT2D eigenvalue weighted by Gasteiger charge is -2.23. The average molecular weight is 302 g/mol. The maximum atomic E-state index is 13.0. The van der Waals surface area contributed by atoms with Crippen molar-refractivity contribution in [1.29, 1.82) is 0 Å². The highest BCUT2D eigenvalue weighted by atomic mass is 35.5. The van der Waals surface area contributed by atoms with Crippen LogP contribution in [-0.4, -0.2) is 17.6 Å². The fraction of sp³-hybridized carbons (Fsp3) is 0.533. The minimum absolute atomic E-state index is 0.00810. The monoisotopic (exact) mass is 301 g/mol. The maximum absolute atomic E-state index is 13.0. The third kappa shape index (κ3) is 6.35. The van der Waals surface area contributed by atoms with E-state index in [-0.39, 0.29) is 16.9 Å². The fourth-order valence-electron chi connectivity index (χ4n) is 1.88. The smallest absolute Gasteiger partial charge is 0.303 e. The lowest BCUT2D eigenvalue weighted by Crippen LogP contribution is -2.23. The largest absolute Gasteiger partial charge is 0.481 e. The maximum Gasteiger partial charge on any atom is 0.303 e. The van der Waals surface area contributed by atoms with Crippen LogP contribution in [-0.2, 0) is 11.3 Å². The summed E-state index contributed by atoms with van der Waals surface area (Å²) in [7, 11) is 0. The van der Waals surface area contributed by atoms with Crippen LogP contribution in [0, 0.1) is 11.2 Å². The van der Waals surface area contributed by atoms with Gasteiger partial charge in [0.2, 0.25) is 0 Å². The van der Waals surface area contributed by atoms with Gasteiger partial charge in [-0.15, -0.1) is 0 Å². The Labute approximate surface area is 124 Å². The highest BCUT2D eigenvalue weighted by Gasteiger charge is 2.18. The topological polar surface area (TPSA) is 49.3 Å². The molecule has 0 unspecified atom stereocenters. The highest BCUT2D eigenvalue weighted by molar-refractivity contribution is 6.30. The molecule has 0 fully saturated rings. The van der Waals surface area contributed by atoms with Crippen LogP contribution in [0.1, 0.15) is 38.7 Å². The van der Waals surface area contributed by atoms with Crippen molar-refractivity contribution >= 4 is 17.6 Å². The zero-order valence-electron chi connectivity index (χ0n) is 11.9. The van der Waals surface area contributed by atoms with E-state index in [4.69, 9.17) is 16.7 Å². The molecule has 2 N–H and O–H groups in total. The van der Waals surface area contributed by atoms with Gasteiger partial charge in [-0.2, -0.15) is 0 Å². The molecule has 112 valence electrons. The van der Waals surface area contributed by atoms with Gasteiger partial charge in [0, 0.05) is 13.0 Å². The SMILES string of the molecule is CC(C)(CCNCc1ccc(F)c(Cl)c1)CCC(=O)O. The Bertz CT molecular complexity index is 463. The summed E-state index contributed by atoms with van der Waals surface area (Å²) in [6, 6.07) is 4.67. The average Bonchev–Trinajstić information content (AvgIpc) is 2.37. The van der Waals surface area contributed by atoms with Crippen molar-refractivity contribution < 1.29 is 14.3 Å². The molecule has 3 nitrogen and oxygen atoms in total. The van der Waals surface area contributed by atoms with E-state index in [1.807, 2.05) is 0 Å². The van der Waals surface area contributed by atoms with E-state index >= 15 is 0 Å². The fourth-order valence-corrected chi connectivity index (χ4v) is 2.08. The lowest BCUT2D eigenvalue weighted by atomic mass is 9.84. The molecule has 0 spiro atoms. The molecule has 0 aromatic heterocycles. The van der Waals surface area contributed by atoms with Gasteiger partial charge in [-0.05, 0) is 42.5 Å². The van der Waals surface area contributed by atoms with Crippen molar-refractivity contribution in [2.24, 2.45) is 5.41 Å². The van der Waals surface area contributed by atoms with E-state index in [9.17, 15) is 9.18 Å². The molecule has 0 atom stereocenters. The van der Waals surface area contributed by atoms with Gasteiger partial charge >= 0.3 is 5.97 Å². The van der Waals surface area contributed by atoms with Gasteiger partial charge in [0.15, 0.2) is 0 Å². The van der Waals surface area contributed by atoms with Crippen molar-refractivity contribution in [3.8, 4) is 0 Å². The summed E-state index contributed by atoms with van der Waals surface area (Å²) < 4.78 is 13.0. The zero-order valence-corrected chi connectivity index (χ0v) is 12.6. The molecule has 0 heterocycles. The number of hydrogen-bond donors (Lipinski definition) is 2. The number of carboxylic acid groups (broad SMARTS) is 1. The Morgan fingerprint density at radius 3 is 2.70 bits per heavy atom. The number of rotatable bonds is 8. The van der Waals surface area contributed by atoms with Crippen LogP contribution in [0.15, 0.2) is 18.2 Å². The van der Waals surface area contributed by atoms with E-state index in [0.29, 0.717) is 13.0 Å². The van der Waals surface area contributed by atoms with Crippen LogP contribution >= 0.6 is 11.6 Å². The second-order valence-electron chi connectivity index (χ2n) is 5.73. The predicted molar refractivity (Wildman–Crippen MR) is 78.4 cm³/mol. The Balaban J connectivity index is 2.30. The van der Waals surface area contributed by atoms with Gasteiger partial charge in [0.25, 0.3) is 0 Å². The van der Waals surface area contributed by atoms with Crippen LogP contribution in [0.5, 0.6) is 0 Å². The predicted octanol–water partition coefficient (Wildman–Crippen LogP) is 3.85. The first kappa shape index (κ1) is 16.9. The number of hydrogen-bond acceptors (Lipinski definition) is 2. The van der Waals surface area contributed by atoms with Crippen molar-refractivity contribution in [2.45, 2.75) is 39.7 Å². The second-order valence-corrected chi connectivity index (χ2v) is 6.14. The number of aliphatic carboxylic acids is 1.